The van der Waals surface area contributed by atoms with Crippen molar-refractivity contribution in [2.45, 2.75) is 32.1 Å². The van der Waals surface area contributed by atoms with Gasteiger partial charge in [0.05, 0.1) is 12.6 Å². The first kappa shape index (κ1) is 15.6. The zero-order valence-corrected chi connectivity index (χ0v) is 13.0. The Morgan fingerprint density at radius 3 is 2.83 bits per heavy atom. The molecule has 3 rings (SSSR count). The Bertz CT molecular complexity index is 724. The fraction of sp³-hybridized carbons (Fsp3) is 0.412. The number of rotatable bonds is 4. The number of hydrogen-bond acceptors (Lipinski definition) is 3. The predicted molar refractivity (Wildman–Crippen MR) is 85.1 cm³/mol. The molecular weight excluding hydrogens is 296 g/mol. The first-order valence-corrected chi connectivity index (χ1v) is 7.74. The molecule has 122 valence electrons. The summed E-state index contributed by atoms with van der Waals surface area (Å²) in [5.74, 6) is -1.06. The summed E-state index contributed by atoms with van der Waals surface area (Å²) in [5.41, 5.74) is 1.10. The molecule has 1 aliphatic rings. The number of carboxylic acid groups (broad SMARTS) is 1. The molecule has 0 spiro atoms. The second-order valence-corrected chi connectivity index (χ2v) is 5.89. The lowest BCUT2D eigenvalue weighted by Crippen LogP contribution is -2.51. The average molecular weight is 316 g/mol. The van der Waals surface area contributed by atoms with E-state index < -0.39 is 12.1 Å². The van der Waals surface area contributed by atoms with Gasteiger partial charge in [0.25, 0.3) is 0 Å². The van der Waals surface area contributed by atoms with Crippen LogP contribution in [0.5, 0.6) is 0 Å². The maximum Gasteiger partial charge on any atom is 0.334 e. The van der Waals surface area contributed by atoms with Crippen molar-refractivity contribution in [1.82, 2.24) is 9.47 Å². The lowest BCUT2D eigenvalue weighted by atomic mass is 10.2. The van der Waals surface area contributed by atoms with Gasteiger partial charge in [0.2, 0.25) is 5.91 Å². The molecule has 0 bridgehead atoms. The lowest BCUT2D eigenvalue weighted by Gasteiger charge is -2.35. The summed E-state index contributed by atoms with van der Waals surface area (Å²) in [6.45, 7) is 2.92. The SMILES string of the molecule is C[C@@H]1CN(C(=O)CCn2ccc3ccccc32)CC(C(=O)O)O1. The summed E-state index contributed by atoms with van der Waals surface area (Å²) in [7, 11) is 0. The van der Waals surface area contributed by atoms with Crippen LogP contribution in [0.25, 0.3) is 10.9 Å². The van der Waals surface area contributed by atoms with Crippen molar-refractivity contribution in [2.24, 2.45) is 0 Å². The topological polar surface area (TPSA) is 71.8 Å². The van der Waals surface area contributed by atoms with Gasteiger partial charge >= 0.3 is 5.97 Å². The molecule has 1 saturated heterocycles. The molecule has 0 radical (unpaired) electrons. The minimum Gasteiger partial charge on any atom is -0.479 e. The van der Waals surface area contributed by atoms with Crippen LogP contribution in [-0.2, 0) is 20.9 Å². The molecule has 1 amide bonds. The number of fused-ring (bicyclic) bond motifs is 1. The van der Waals surface area contributed by atoms with Gasteiger partial charge in [-0.1, -0.05) is 18.2 Å². The summed E-state index contributed by atoms with van der Waals surface area (Å²) in [6.07, 6.45) is 1.12. The number of morpholine rings is 1. The van der Waals surface area contributed by atoms with Gasteiger partial charge in [0.1, 0.15) is 0 Å². The van der Waals surface area contributed by atoms with Crippen LogP contribution in [0.2, 0.25) is 0 Å². The molecule has 1 aromatic heterocycles. The van der Waals surface area contributed by atoms with Crippen molar-refractivity contribution in [1.29, 1.82) is 0 Å². The smallest absolute Gasteiger partial charge is 0.334 e. The molecule has 23 heavy (non-hydrogen) atoms. The molecule has 6 nitrogen and oxygen atoms in total. The number of benzene rings is 1. The van der Waals surface area contributed by atoms with Gasteiger partial charge < -0.3 is 19.3 Å². The van der Waals surface area contributed by atoms with E-state index in [1.807, 2.05) is 41.1 Å². The Kier molecular flexibility index (Phi) is 4.34. The quantitative estimate of drug-likeness (QED) is 0.932. The van der Waals surface area contributed by atoms with E-state index in [4.69, 9.17) is 9.84 Å². The molecule has 0 saturated carbocycles. The molecule has 1 aliphatic heterocycles. The summed E-state index contributed by atoms with van der Waals surface area (Å²) in [5, 5.41) is 10.2. The third kappa shape index (κ3) is 3.37. The van der Waals surface area contributed by atoms with Gasteiger partial charge in [-0.2, -0.15) is 0 Å². The van der Waals surface area contributed by atoms with Crippen LogP contribution < -0.4 is 0 Å². The number of ether oxygens (including phenoxy) is 1. The first-order chi connectivity index (χ1) is 11.0. The van der Waals surface area contributed by atoms with Crippen molar-refractivity contribution in [3.63, 3.8) is 0 Å². The number of aliphatic carboxylic acids is 1. The first-order valence-electron chi connectivity index (χ1n) is 7.74. The number of aromatic nitrogens is 1. The lowest BCUT2D eigenvalue weighted by molar-refractivity contribution is -0.166. The molecule has 1 N–H and O–H groups in total. The number of carbonyl (C=O) groups is 2. The average Bonchev–Trinajstić information content (AvgIpc) is 2.95. The zero-order valence-electron chi connectivity index (χ0n) is 13.0. The van der Waals surface area contributed by atoms with Gasteiger partial charge in [-0.25, -0.2) is 4.79 Å². The van der Waals surface area contributed by atoms with Crippen molar-refractivity contribution in [3.05, 3.63) is 36.5 Å². The molecule has 1 aromatic carbocycles. The van der Waals surface area contributed by atoms with Crippen molar-refractivity contribution < 1.29 is 19.4 Å². The number of para-hydroxylation sites is 1. The zero-order chi connectivity index (χ0) is 16.4. The van der Waals surface area contributed by atoms with E-state index in [2.05, 4.69) is 0 Å². The third-order valence-electron chi connectivity index (χ3n) is 4.14. The van der Waals surface area contributed by atoms with Crippen LogP contribution in [0.3, 0.4) is 0 Å². The van der Waals surface area contributed by atoms with E-state index >= 15 is 0 Å². The van der Waals surface area contributed by atoms with Gasteiger partial charge in [0, 0.05) is 31.2 Å². The maximum atomic E-state index is 12.4. The van der Waals surface area contributed by atoms with Crippen LogP contribution in [0, 0.1) is 0 Å². The largest absolute Gasteiger partial charge is 0.479 e. The Morgan fingerprint density at radius 2 is 2.04 bits per heavy atom. The second-order valence-electron chi connectivity index (χ2n) is 5.89. The summed E-state index contributed by atoms with van der Waals surface area (Å²) < 4.78 is 7.38. The highest BCUT2D eigenvalue weighted by Gasteiger charge is 2.32. The van der Waals surface area contributed by atoms with E-state index in [1.165, 1.54) is 0 Å². The van der Waals surface area contributed by atoms with Crippen LogP contribution in [0.15, 0.2) is 36.5 Å². The minimum absolute atomic E-state index is 0.0378. The van der Waals surface area contributed by atoms with E-state index in [-0.39, 0.29) is 18.6 Å². The summed E-state index contributed by atoms with van der Waals surface area (Å²) in [6, 6.07) is 10.0. The van der Waals surface area contributed by atoms with Crippen LogP contribution in [-0.4, -0.2) is 51.7 Å². The number of hydrogen-bond donors (Lipinski definition) is 1. The molecule has 1 fully saturated rings. The molecule has 1 unspecified atom stereocenters. The predicted octanol–water partition coefficient (Wildman–Crippen LogP) is 1.73. The van der Waals surface area contributed by atoms with Gasteiger partial charge in [0.15, 0.2) is 6.10 Å². The van der Waals surface area contributed by atoms with Crippen LogP contribution in [0.1, 0.15) is 13.3 Å². The number of carboxylic acids is 1. The molecule has 0 aliphatic carbocycles. The Morgan fingerprint density at radius 1 is 1.26 bits per heavy atom. The highest BCUT2D eigenvalue weighted by atomic mass is 16.5. The van der Waals surface area contributed by atoms with Gasteiger partial charge in [-0.15, -0.1) is 0 Å². The minimum atomic E-state index is -1.02. The number of amides is 1. The van der Waals surface area contributed by atoms with Gasteiger partial charge in [-0.05, 0) is 24.4 Å². The van der Waals surface area contributed by atoms with Crippen molar-refractivity contribution in [3.8, 4) is 0 Å². The molecular formula is C17H20N2O4. The van der Waals surface area contributed by atoms with Crippen LogP contribution >= 0.6 is 0 Å². The van der Waals surface area contributed by atoms with Crippen molar-refractivity contribution in [2.75, 3.05) is 13.1 Å². The third-order valence-corrected chi connectivity index (χ3v) is 4.14. The highest BCUT2D eigenvalue weighted by molar-refractivity contribution is 5.81. The Balaban J connectivity index is 1.63. The monoisotopic (exact) mass is 316 g/mol. The molecule has 2 atom stereocenters. The Labute approximate surface area is 134 Å². The number of nitrogens with zero attached hydrogens (tertiary/aromatic N) is 2. The standard InChI is InChI=1S/C17H20N2O4/c1-12-10-19(11-15(23-12)17(21)22)16(20)7-9-18-8-6-13-4-2-3-5-14(13)18/h2-6,8,12,15H,7,9-11H2,1H3,(H,21,22)/t12-,15?/m1/s1. The van der Waals surface area contributed by atoms with E-state index in [0.717, 1.165) is 10.9 Å². The van der Waals surface area contributed by atoms with E-state index in [1.54, 1.807) is 11.8 Å². The molecule has 6 heteroatoms. The van der Waals surface area contributed by atoms with E-state index in [0.29, 0.717) is 19.5 Å². The fourth-order valence-corrected chi connectivity index (χ4v) is 3.00. The number of aryl methyl sites for hydroxylation is 1. The summed E-state index contributed by atoms with van der Waals surface area (Å²) >= 11 is 0. The van der Waals surface area contributed by atoms with E-state index in [9.17, 15) is 9.59 Å². The summed E-state index contributed by atoms with van der Waals surface area (Å²) in [4.78, 5) is 25.1. The fourth-order valence-electron chi connectivity index (χ4n) is 3.00. The van der Waals surface area contributed by atoms with Crippen LogP contribution in [0.4, 0.5) is 0 Å². The maximum absolute atomic E-state index is 12.4. The van der Waals surface area contributed by atoms with Crippen molar-refractivity contribution >= 4 is 22.8 Å². The highest BCUT2D eigenvalue weighted by Crippen LogP contribution is 2.17. The normalized spacial score (nSPS) is 21.5. The molecule has 2 heterocycles. The second kappa shape index (κ2) is 6.42. The van der Waals surface area contributed by atoms with Gasteiger partial charge in [-0.3, -0.25) is 4.79 Å². The Hall–Kier alpha value is -2.34. The molecule has 2 aromatic rings. The number of carbonyl (C=O) groups excluding carboxylic acids is 1.